The van der Waals surface area contributed by atoms with E-state index in [2.05, 4.69) is 10.2 Å². The largest absolute Gasteiger partial charge is 0.449 e. The number of esters is 1. The second-order valence-corrected chi connectivity index (χ2v) is 5.69. The van der Waals surface area contributed by atoms with Crippen molar-refractivity contribution in [1.82, 2.24) is 10.2 Å². The maximum absolute atomic E-state index is 12.2. The molecule has 1 heterocycles. The molecule has 0 aliphatic rings. The van der Waals surface area contributed by atoms with E-state index in [0.29, 0.717) is 5.89 Å². The van der Waals surface area contributed by atoms with Crippen LogP contribution in [0.25, 0.3) is 11.5 Å². The van der Waals surface area contributed by atoms with Crippen molar-refractivity contribution in [3.63, 3.8) is 0 Å². The summed E-state index contributed by atoms with van der Waals surface area (Å²) in [6.07, 6.45) is -0.831. The number of carbonyl (C=O) groups excluding carboxylic acids is 1. The van der Waals surface area contributed by atoms with Crippen molar-refractivity contribution >= 4 is 23.3 Å². The Morgan fingerprint density at radius 3 is 2.65 bits per heavy atom. The van der Waals surface area contributed by atoms with E-state index in [4.69, 9.17) is 20.8 Å². The van der Waals surface area contributed by atoms with Gasteiger partial charge in [0.1, 0.15) is 5.02 Å². The lowest BCUT2D eigenvalue weighted by atomic mass is 10.2. The van der Waals surface area contributed by atoms with E-state index in [9.17, 15) is 14.9 Å². The highest BCUT2D eigenvalue weighted by molar-refractivity contribution is 6.32. The number of halogens is 1. The number of nitro groups is 1. The number of rotatable bonds is 5. The van der Waals surface area contributed by atoms with Gasteiger partial charge in [-0.3, -0.25) is 10.1 Å². The Bertz CT molecular complexity index is 958. The van der Waals surface area contributed by atoms with Gasteiger partial charge in [0.25, 0.3) is 11.6 Å². The third-order valence-electron chi connectivity index (χ3n) is 3.47. The van der Waals surface area contributed by atoms with Gasteiger partial charge >= 0.3 is 5.97 Å². The first-order valence-electron chi connectivity index (χ1n) is 7.49. The molecule has 0 unspecified atom stereocenters. The average Bonchev–Trinajstić information content (AvgIpc) is 3.13. The monoisotopic (exact) mass is 373 g/mol. The minimum atomic E-state index is -0.831. The van der Waals surface area contributed by atoms with Crippen LogP contribution in [0.2, 0.25) is 5.02 Å². The maximum atomic E-state index is 12.2. The fourth-order valence-electron chi connectivity index (χ4n) is 2.15. The highest BCUT2D eigenvalue weighted by atomic mass is 35.5. The van der Waals surface area contributed by atoms with Crippen LogP contribution in [0.1, 0.15) is 29.3 Å². The van der Waals surface area contributed by atoms with Crippen LogP contribution in [0.4, 0.5) is 5.69 Å². The van der Waals surface area contributed by atoms with Gasteiger partial charge in [-0.1, -0.05) is 29.8 Å². The fourth-order valence-corrected chi connectivity index (χ4v) is 2.34. The molecule has 3 aromatic rings. The lowest BCUT2D eigenvalue weighted by Gasteiger charge is -2.09. The Morgan fingerprint density at radius 1 is 1.23 bits per heavy atom. The van der Waals surface area contributed by atoms with E-state index in [1.807, 2.05) is 18.2 Å². The van der Waals surface area contributed by atoms with E-state index < -0.39 is 17.0 Å². The summed E-state index contributed by atoms with van der Waals surface area (Å²) >= 11 is 5.73. The molecule has 132 valence electrons. The smallest absolute Gasteiger partial charge is 0.339 e. The minimum absolute atomic E-state index is 0.00394. The Balaban J connectivity index is 1.75. The van der Waals surface area contributed by atoms with Crippen LogP contribution >= 0.6 is 11.6 Å². The topological polar surface area (TPSA) is 108 Å². The molecule has 0 saturated carbocycles. The zero-order valence-electron chi connectivity index (χ0n) is 13.5. The zero-order valence-corrected chi connectivity index (χ0v) is 14.2. The van der Waals surface area contributed by atoms with E-state index in [1.165, 1.54) is 12.1 Å². The fraction of sp³-hybridized carbons (Fsp3) is 0.118. The number of hydrogen-bond donors (Lipinski definition) is 0. The second-order valence-electron chi connectivity index (χ2n) is 5.28. The summed E-state index contributed by atoms with van der Waals surface area (Å²) in [5.74, 6) is -0.358. The normalized spacial score (nSPS) is 11.8. The van der Waals surface area contributed by atoms with Gasteiger partial charge in [0.15, 0.2) is 6.10 Å². The number of aromatic nitrogens is 2. The third-order valence-corrected chi connectivity index (χ3v) is 3.79. The average molecular weight is 374 g/mol. The van der Waals surface area contributed by atoms with Gasteiger partial charge in [0.05, 0.1) is 10.5 Å². The summed E-state index contributed by atoms with van der Waals surface area (Å²) in [5, 5.41) is 18.6. The van der Waals surface area contributed by atoms with Crippen LogP contribution < -0.4 is 0 Å². The summed E-state index contributed by atoms with van der Waals surface area (Å²) in [5.41, 5.74) is 0.353. The molecular weight excluding hydrogens is 362 g/mol. The van der Waals surface area contributed by atoms with Crippen LogP contribution in [-0.4, -0.2) is 21.1 Å². The van der Waals surface area contributed by atoms with Gasteiger partial charge in [-0.25, -0.2) is 4.79 Å². The van der Waals surface area contributed by atoms with Crippen LogP contribution in [0.5, 0.6) is 0 Å². The number of ether oxygens (including phenoxy) is 1. The number of carbonyl (C=O) groups is 1. The molecule has 3 rings (SSSR count). The maximum Gasteiger partial charge on any atom is 0.339 e. The predicted molar refractivity (Wildman–Crippen MR) is 91.7 cm³/mol. The molecule has 0 spiro atoms. The number of nitrogens with zero attached hydrogens (tertiary/aromatic N) is 3. The quantitative estimate of drug-likeness (QED) is 0.374. The second kappa shape index (κ2) is 7.32. The first kappa shape index (κ1) is 17.6. The molecule has 0 N–H and O–H groups in total. The summed E-state index contributed by atoms with van der Waals surface area (Å²) < 4.78 is 10.8. The highest BCUT2D eigenvalue weighted by Crippen LogP contribution is 2.27. The number of benzene rings is 2. The number of nitro benzene ring substituents is 1. The van der Waals surface area contributed by atoms with Crippen molar-refractivity contribution in [1.29, 1.82) is 0 Å². The first-order chi connectivity index (χ1) is 12.5. The molecule has 0 bridgehead atoms. The van der Waals surface area contributed by atoms with Gasteiger partial charge in [-0.2, -0.15) is 0 Å². The highest BCUT2D eigenvalue weighted by Gasteiger charge is 2.22. The minimum Gasteiger partial charge on any atom is -0.449 e. The Kier molecular flexibility index (Phi) is 4.94. The van der Waals surface area contributed by atoms with Gasteiger partial charge < -0.3 is 9.15 Å². The molecule has 1 aromatic heterocycles. The lowest BCUT2D eigenvalue weighted by Crippen LogP contribution is -2.10. The molecule has 9 heteroatoms. The molecule has 8 nitrogen and oxygen atoms in total. The Labute approximate surface area is 152 Å². The lowest BCUT2D eigenvalue weighted by molar-refractivity contribution is -0.384. The van der Waals surface area contributed by atoms with E-state index in [1.54, 1.807) is 19.1 Å². The summed E-state index contributed by atoms with van der Waals surface area (Å²) in [4.78, 5) is 22.5. The number of hydrogen-bond acceptors (Lipinski definition) is 7. The summed E-state index contributed by atoms with van der Waals surface area (Å²) in [6.45, 7) is 1.56. The SMILES string of the molecule is C[C@@H](OC(=O)c1ccc(Cl)c([N+](=O)[O-])c1)c1nnc(-c2ccccc2)o1. The van der Waals surface area contributed by atoms with Crippen molar-refractivity contribution < 1.29 is 18.9 Å². The molecule has 0 saturated heterocycles. The molecule has 1 atom stereocenters. The Morgan fingerprint density at radius 2 is 1.96 bits per heavy atom. The molecule has 0 aliphatic carbocycles. The predicted octanol–water partition coefficient (Wildman–Crippen LogP) is 4.22. The molecule has 0 radical (unpaired) electrons. The van der Waals surface area contributed by atoms with Crippen LogP contribution in [0, 0.1) is 10.1 Å². The van der Waals surface area contributed by atoms with E-state index >= 15 is 0 Å². The van der Waals surface area contributed by atoms with E-state index in [-0.39, 0.29) is 22.2 Å². The van der Waals surface area contributed by atoms with Crippen molar-refractivity contribution in [3.05, 3.63) is 75.1 Å². The van der Waals surface area contributed by atoms with Gasteiger partial charge in [0.2, 0.25) is 5.89 Å². The summed E-state index contributed by atoms with van der Waals surface area (Å²) in [6, 6.07) is 12.8. The van der Waals surface area contributed by atoms with Crippen LogP contribution in [0.3, 0.4) is 0 Å². The third kappa shape index (κ3) is 3.70. The summed E-state index contributed by atoms with van der Waals surface area (Å²) in [7, 11) is 0. The zero-order chi connectivity index (χ0) is 18.7. The van der Waals surface area contributed by atoms with Crippen molar-refractivity contribution in [2.45, 2.75) is 13.0 Å². The molecule has 0 aliphatic heterocycles. The molecule has 0 amide bonds. The molecule has 2 aromatic carbocycles. The standard InChI is InChI=1S/C17H12ClN3O5/c1-10(15-19-20-16(26-15)11-5-3-2-4-6-11)25-17(22)12-7-8-13(18)14(9-12)21(23)24/h2-10H,1H3/t10-/m1/s1. The molecule has 0 fully saturated rings. The Hall–Kier alpha value is -3.26. The van der Waals surface area contributed by atoms with Gasteiger partial charge in [-0.15, -0.1) is 10.2 Å². The van der Waals surface area contributed by atoms with Crippen molar-refractivity contribution in [2.24, 2.45) is 0 Å². The van der Waals surface area contributed by atoms with Crippen molar-refractivity contribution in [3.8, 4) is 11.5 Å². The van der Waals surface area contributed by atoms with Gasteiger partial charge in [-0.05, 0) is 31.2 Å². The molecule has 26 heavy (non-hydrogen) atoms. The van der Waals surface area contributed by atoms with Crippen molar-refractivity contribution in [2.75, 3.05) is 0 Å². The van der Waals surface area contributed by atoms with E-state index in [0.717, 1.165) is 11.6 Å². The van der Waals surface area contributed by atoms with Crippen LogP contribution in [0.15, 0.2) is 52.9 Å². The first-order valence-corrected chi connectivity index (χ1v) is 7.87. The van der Waals surface area contributed by atoms with Gasteiger partial charge in [0, 0.05) is 11.6 Å². The molecular formula is C17H12ClN3O5. The van der Waals surface area contributed by atoms with Crippen LogP contribution in [-0.2, 0) is 4.74 Å².